The Hall–Kier alpha value is -0.120. The van der Waals surface area contributed by atoms with E-state index in [2.05, 4.69) is 39.3 Å². The van der Waals surface area contributed by atoms with Gasteiger partial charge < -0.3 is 20.3 Å². The van der Waals surface area contributed by atoms with Gasteiger partial charge in [0.25, 0.3) is 0 Å². The zero-order valence-corrected chi connectivity index (χ0v) is 16.8. The molecule has 0 aromatic heterocycles. The Balaban J connectivity index is 0.00000441. The summed E-state index contributed by atoms with van der Waals surface area (Å²) in [6, 6.07) is 0. The molecule has 0 aromatic carbocycles. The number of piperazine rings is 1. The fraction of sp³-hybridized carbons (Fsp3) is 0.933. The molecule has 1 aliphatic rings. The molecule has 0 radical (unpaired) electrons. The normalized spacial score (nSPS) is 17.1. The average Bonchev–Trinajstić information content (AvgIpc) is 2.52. The standard InChI is InChI=1S/C15H33N5O.HI/c1-4-16-15(17-7-6-14-21-3)18-8-9-20-12-10-19(5-2)11-13-20;/h4-14H2,1-3H3,(H2,16,17,18);1H. The minimum atomic E-state index is 0. The smallest absolute Gasteiger partial charge is 0.191 e. The SMILES string of the molecule is CCNC(=NCCCOC)NCCN1CCN(CC)CC1.I. The second-order valence-electron chi connectivity index (χ2n) is 5.31. The minimum Gasteiger partial charge on any atom is -0.385 e. The van der Waals surface area contributed by atoms with Gasteiger partial charge in [0, 0.05) is 66.1 Å². The van der Waals surface area contributed by atoms with E-state index in [9.17, 15) is 0 Å². The largest absolute Gasteiger partial charge is 0.385 e. The van der Waals surface area contributed by atoms with Crippen LogP contribution in [-0.2, 0) is 4.74 Å². The number of hydrogen-bond acceptors (Lipinski definition) is 4. The summed E-state index contributed by atoms with van der Waals surface area (Å²) in [5.41, 5.74) is 0. The minimum absolute atomic E-state index is 0. The van der Waals surface area contributed by atoms with Gasteiger partial charge in [-0.1, -0.05) is 6.92 Å². The van der Waals surface area contributed by atoms with E-state index in [0.717, 1.165) is 45.2 Å². The Morgan fingerprint density at radius 3 is 2.36 bits per heavy atom. The highest BCUT2D eigenvalue weighted by Gasteiger charge is 2.14. The van der Waals surface area contributed by atoms with Crippen LogP contribution in [0.5, 0.6) is 0 Å². The molecule has 0 spiro atoms. The lowest BCUT2D eigenvalue weighted by Gasteiger charge is -2.34. The van der Waals surface area contributed by atoms with Gasteiger partial charge in [-0.2, -0.15) is 0 Å². The molecule has 1 aliphatic heterocycles. The van der Waals surface area contributed by atoms with Crippen molar-refractivity contribution in [1.82, 2.24) is 20.4 Å². The Labute approximate surface area is 153 Å². The summed E-state index contributed by atoms with van der Waals surface area (Å²) >= 11 is 0. The van der Waals surface area contributed by atoms with Gasteiger partial charge in [-0.15, -0.1) is 24.0 Å². The van der Waals surface area contributed by atoms with Crippen LogP contribution in [0.15, 0.2) is 4.99 Å². The molecule has 2 N–H and O–H groups in total. The number of aliphatic imine (C=N–C) groups is 1. The van der Waals surface area contributed by atoms with Crippen molar-refractivity contribution in [2.75, 3.05) is 72.6 Å². The van der Waals surface area contributed by atoms with Gasteiger partial charge in [-0.3, -0.25) is 9.89 Å². The Morgan fingerprint density at radius 2 is 1.77 bits per heavy atom. The maximum Gasteiger partial charge on any atom is 0.191 e. The van der Waals surface area contributed by atoms with Gasteiger partial charge in [0.2, 0.25) is 0 Å². The van der Waals surface area contributed by atoms with E-state index >= 15 is 0 Å². The van der Waals surface area contributed by atoms with Gasteiger partial charge >= 0.3 is 0 Å². The fourth-order valence-corrected chi connectivity index (χ4v) is 2.40. The molecular formula is C15H34IN5O. The summed E-state index contributed by atoms with van der Waals surface area (Å²) in [5.74, 6) is 0.917. The predicted molar refractivity (Wildman–Crippen MR) is 104 cm³/mol. The van der Waals surface area contributed by atoms with E-state index in [1.54, 1.807) is 7.11 Å². The molecule has 0 aromatic rings. The highest BCUT2D eigenvalue weighted by molar-refractivity contribution is 14.0. The molecule has 1 rings (SSSR count). The summed E-state index contributed by atoms with van der Waals surface area (Å²) in [7, 11) is 1.73. The van der Waals surface area contributed by atoms with E-state index in [0.29, 0.717) is 0 Å². The maximum atomic E-state index is 5.04. The highest BCUT2D eigenvalue weighted by Crippen LogP contribution is 1.99. The lowest BCUT2D eigenvalue weighted by atomic mass is 10.3. The first-order valence-electron chi connectivity index (χ1n) is 8.26. The first-order valence-corrected chi connectivity index (χ1v) is 8.26. The van der Waals surface area contributed by atoms with Crippen LogP contribution >= 0.6 is 24.0 Å². The van der Waals surface area contributed by atoms with Crippen molar-refractivity contribution in [3.63, 3.8) is 0 Å². The molecule has 0 saturated carbocycles. The topological polar surface area (TPSA) is 52.1 Å². The van der Waals surface area contributed by atoms with Crippen LogP contribution < -0.4 is 10.6 Å². The first kappa shape index (κ1) is 21.9. The number of nitrogens with one attached hydrogen (secondary N) is 2. The number of methoxy groups -OCH3 is 1. The van der Waals surface area contributed by atoms with Gasteiger partial charge in [0.15, 0.2) is 5.96 Å². The van der Waals surface area contributed by atoms with Crippen molar-refractivity contribution < 1.29 is 4.74 Å². The zero-order valence-electron chi connectivity index (χ0n) is 14.4. The number of hydrogen-bond donors (Lipinski definition) is 2. The summed E-state index contributed by atoms with van der Waals surface area (Å²) in [6.45, 7) is 14.7. The molecule has 0 unspecified atom stereocenters. The molecule has 0 atom stereocenters. The van der Waals surface area contributed by atoms with Crippen molar-refractivity contribution in [1.29, 1.82) is 0 Å². The lowest BCUT2D eigenvalue weighted by molar-refractivity contribution is 0.139. The average molecular weight is 427 g/mol. The molecule has 22 heavy (non-hydrogen) atoms. The number of guanidine groups is 1. The summed E-state index contributed by atoms with van der Waals surface area (Å²) in [6.07, 6.45) is 0.964. The van der Waals surface area contributed by atoms with Crippen molar-refractivity contribution in [3.8, 4) is 0 Å². The number of likely N-dealkylation sites (N-methyl/N-ethyl adjacent to an activating group) is 1. The number of ether oxygens (including phenoxy) is 1. The molecule has 0 bridgehead atoms. The van der Waals surface area contributed by atoms with Crippen LogP contribution in [0.2, 0.25) is 0 Å². The molecule has 132 valence electrons. The molecular weight excluding hydrogens is 393 g/mol. The quantitative estimate of drug-likeness (QED) is 0.247. The molecule has 1 fully saturated rings. The molecule has 6 nitrogen and oxygen atoms in total. The van der Waals surface area contributed by atoms with Crippen molar-refractivity contribution in [3.05, 3.63) is 0 Å². The Morgan fingerprint density at radius 1 is 1.09 bits per heavy atom. The second kappa shape index (κ2) is 14.5. The van der Waals surface area contributed by atoms with Gasteiger partial charge in [-0.25, -0.2) is 0 Å². The zero-order chi connectivity index (χ0) is 15.3. The fourth-order valence-electron chi connectivity index (χ4n) is 2.40. The van der Waals surface area contributed by atoms with Crippen LogP contribution in [0.4, 0.5) is 0 Å². The van der Waals surface area contributed by atoms with Gasteiger partial charge in [-0.05, 0) is 19.9 Å². The van der Waals surface area contributed by atoms with Crippen LogP contribution in [0, 0.1) is 0 Å². The molecule has 7 heteroatoms. The summed E-state index contributed by atoms with van der Waals surface area (Å²) in [4.78, 5) is 9.57. The summed E-state index contributed by atoms with van der Waals surface area (Å²) < 4.78 is 5.04. The van der Waals surface area contributed by atoms with E-state index in [1.807, 2.05) is 0 Å². The maximum absolute atomic E-state index is 5.04. The highest BCUT2D eigenvalue weighted by atomic mass is 127. The molecule has 1 saturated heterocycles. The third-order valence-corrected chi connectivity index (χ3v) is 3.75. The third kappa shape index (κ3) is 9.81. The van der Waals surface area contributed by atoms with Gasteiger partial charge in [0.1, 0.15) is 0 Å². The van der Waals surface area contributed by atoms with E-state index in [1.165, 1.54) is 32.7 Å². The van der Waals surface area contributed by atoms with Crippen molar-refractivity contribution in [2.45, 2.75) is 20.3 Å². The van der Waals surface area contributed by atoms with Gasteiger partial charge in [0.05, 0.1) is 0 Å². The first-order chi connectivity index (χ1) is 10.3. The van der Waals surface area contributed by atoms with Crippen molar-refractivity contribution >= 4 is 29.9 Å². The van der Waals surface area contributed by atoms with E-state index in [-0.39, 0.29) is 24.0 Å². The number of nitrogens with zero attached hydrogens (tertiary/aromatic N) is 3. The van der Waals surface area contributed by atoms with Crippen molar-refractivity contribution in [2.24, 2.45) is 4.99 Å². The second-order valence-corrected chi connectivity index (χ2v) is 5.31. The van der Waals surface area contributed by atoms with Crippen LogP contribution in [-0.4, -0.2) is 88.4 Å². The monoisotopic (exact) mass is 427 g/mol. The predicted octanol–water partition coefficient (Wildman–Crippen LogP) is 0.834. The molecule has 0 aliphatic carbocycles. The molecule has 0 amide bonds. The van der Waals surface area contributed by atoms with E-state index in [4.69, 9.17) is 4.74 Å². The molecule has 1 heterocycles. The number of halogens is 1. The lowest BCUT2D eigenvalue weighted by Crippen LogP contribution is -2.49. The van der Waals surface area contributed by atoms with Crippen LogP contribution in [0.1, 0.15) is 20.3 Å². The van der Waals surface area contributed by atoms with E-state index < -0.39 is 0 Å². The third-order valence-electron chi connectivity index (χ3n) is 3.75. The Kier molecular flexibility index (Phi) is 14.4. The Bertz CT molecular complexity index is 283. The van der Waals surface area contributed by atoms with Crippen LogP contribution in [0.25, 0.3) is 0 Å². The number of rotatable bonds is 9. The summed E-state index contributed by atoms with van der Waals surface area (Å²) in [5, 5.41) is 6.70. The van der Waals surface area contributed by atoms with Crippen LogP contribution in [0.3, 0.4) is 0 Å².